The van der Waals surface area contributed by atoms with Crippen molar-refractivity contribution in [3.63, 3.8) is 0 Å². The van der Waals surface area contributed by atoms with Crippen molar-refractivity contribution in [2.45, 2.75) is 0 Å². The highest BCUT2D eigenvalue weighted by molar-refractivity contribution is 5.94. The molecule has 1 saturated heterocycles. The highest BCUT2D eigenvalue weighted by Gasteiger charge is 2.18. The van der Waals surface area contributed by atoms with Gasteiger partial charge in [-0.25, -0.2) is 4.68 Å². The van der Waals surface area contributed by atoms with Crippen molar-refractivity contribution in [2.75, 3.05) is 31.7 Å². The number of anilines is 1. The lowest BCUT2D eigenvalue weighted by molar-refractivity contribution is 0.0303. The van der Waals surface area contributed by atoms with Gasteiger partial charge in [0.05, 0.1) is 25.1 Å². The molecule has 7 heteroatoms. The van der Waals surface area contributed by atoms with Crippen LogP contribution < -0.4 is 11.0 Å². The summed E-state index contributed by atoms with van der Waals surface area (Å²) in [6, 6.07) is 7.01. The molecule has 1 amide bonds. The molecule has 0 atom stereocenters. The van der Waals surface area contributed by atoms with Crippen LogP contribution in [0.4, 0.5) is 5.69 Å². The molecule has 22 heavy (non-hydrogen) atoms. The van der Waals surface area contributed by atoms with Gasteiger partial charge in [-0.2, -0.15) is 0 Å². The van der Waals surface area contributed by atoms with Gasteiger partial charge in [0.15, 0.2) is 0 Å². The second-order valence-corrected chi connectivity index (χ2v) is 4.88. The molecular formula is C15H16N4O3. The van der Waals surface area contributed by atoms with Crippen LogP contribution >= 0.6 is 0 Å². The number of morpholine rings is 1. The Labute approximate surface area is 127 Å². The number of ether oxygens (including phenoxy) is 1. The maximum absolute atomic E-state index is 12.3. The van der Waals surface area contributed by atoms with Crippen molar-refractivity contribution in [1.82, 2.24) is 14.6 Å². The van der Waals surface area contributed by atoms with E-state index in [4.69, 9.17) is 4.74 Å². The van der Waals surface area contributed by atoms with E-state index in [2.05, 4.69) is 10.4 Å². The molecule has 0 radical (unpaired) electrons. The van der Waals surface area contributed by atoms with Gasteiger partial charge in [-0.1, -0.05) is 0 Å². The van der Waals surface area contributed by atoms with Crippen LogP contribution in [0.3, 0.4) is 0 Å². The molecule has 1 aliphatic rings. The van der Waals surface area contributed by atoms with Crippen molar-refractivity contribution >= 4 is 11.6 Å². The molecule has 0 spiro atoms. The first-order valence-corrected chi connectivity index (χ1v) is 7.01. The van der Waals surface area contributed by atoms with Gasteiger partial charge in [0.1, 0.15) is 0 Å². The Morgan fingerprint density at radius 1 is 1.18 bits per heavy atom. The van der Waals surface area contributed by atoms with E-state index < -0.39 is 0 Å². The normalized spacial score (nSPS) is 14.6. The molecule has 7 nitrogen and oxygen atoms in total. The summed E-state index contributed by atoms with van der Waals surface area (Å²) in [7, 11) is 0. The van der Waals surface area contributed by atoms with E-state index in [1.165, 1.54) is 23.3 Å². The average Bonchev–Trinajstić information content (AvgIpc) is 2.58. The molecule has 0 aliphatic carbocycles. The van der Waals surface area contributed by atoms with Gasteiger partial charge in [-0.05, 0) is 24.3 Å². The van der Waals surface area contributed by atoms with E-state index in [0.29, 0.717) is 37.6 Å². The van der Waals surface area contributed by atoms with Gasteiger partial charge in [-0.15, -0.1) is 0 Å². The monoisotopic (exact) mass is 300 g/mol. The fourth-order valence-corrected chi connectivity index (χ4v) is 2.22. The first kappa shape index (κ1) is 14.3. The second-order valence-electron chi connectivity index (χ2n) is 4.88. The zero-order valence-electron chi connectivity index (χ0n) is 11.9. The van der Waals surface area contributed by atoms with Gasteiger partial charge in [0.2, 0.25) is 0 Å². The molecule has 2 heterocycles. The van der Waals surface area contributed by atoms with E-state index in [1.807, 2.05) is 0 Å². The standard InChI is InChI=1S/C15H16N4O3/c20-14-11-16-5-6-19(14)17-13-3-1-12(2-4-13)15(21)18-7-9-22-10-8-18/h1-6,11,17H,7-10H2. The van der Waals surface area contributed by atoms with Crippen molar-refractivity contribution in [1.29, 1.82) is 0 Å². The maximum atomic E-state index is 12.3. The Morgan fingerprint density at radius 2 is 1.91 bits per heavy atom. The van der Waals surface area contributed by atoms with Crippen molar-refractivity contribution < 1.29 is 9.53 Å². The van der Waals surface area contributed by atoms with E-state index >= 15 is 0 Å². The summed E-state index contributed by atoms with van der Waals surface area (Å²) < 4.78 is 6.57. The predicted molar refractivity (Wildman–Crippen MR) is 80.7 cm³/mol. The molecule has 1 aromatic carbocycles. The van der Waals surface area contributed by atoms with Crippen LogP contribution in [0.2, 0.25) is 0 Å². The van der Waals surface area contributed by atoms with Crippen molar-refractivity contribution in [3.05, 3.63) is 58.8 Å². The number of rotatable bonds is 3. The number of nitrogens with zero attached hydrogens (tertiary/aromatic N) is 3. The van der Waals surface area contributed by atoms with Gasteiger partial charge >= 0.3 is 0 Å². The zero-order valence-corrected chi connectivity index (χ0v) is 11.9. The fraction of sp³-hybridized carbons (Fsp3) is 0.267. The summed E-state index contributed by atoms with van der Waals surface area (Å²) >= 11 is 0. The van der Waals surface area contributed by atoms with Crippen molar-refractivity contribution in [2.24, 2.45) is 0 Å². The quantitative estimate of drug-likeness (QED) is 0.898. The van der Waals surface area contributed by atoms with Crippen LogP contribution in [0.1, 0.15) is 10.4 Å². The Kier molecular flexibility index (Phi) is 4.15. The van der Waals surface area contributed by atoms with Crippen LogP contribution in [0.5, 0.6) is 0 Å². The Morgan fingerprint density at radius 3 is 2.59 bits per heavy atom. The number of aromatic nitrogens is 2. The highest BCUT2D eigenvalue weighted by atomic mass is 16.5. The SMILES string of the molecule is O=C(c1ccc(Nn2ccncc2=O)cc1)N1CCOCC1. The lowest BCUT2D eigenvalue weighted by Gasteiger charge is -2.26. The molecular weight excluding hydrogens is 284 g/mol. The Balaban J connectivity index is 1.71. The number of amides is 1. The second kappa shape index (κ2) is 6.40. The zero-order chi connectivity index (χ0) is 15.4. The Hall–Kier alpha value is -2.67. The third kappa shape index (κ3) is 3.15. The van der Waals surface area contributed by atoms with E-state index in [0.717, 1.165) is 0 Å². The average molecular weight is 300 g/mol. The third-order valence-electron chi connectivity index (χ3n) is 3.40. The molecule has 0 saturated carbocycles. The molecule has 114 valence electrons. The predicted octanol–water partition coefficient (Wildman–Crippen LogP) is 0.591. The number of hydrogen-bond donors (Lipinski definition) is 1. The molecule has 0 bridgehead atoms. The highest BCUT2D eigenvalue weighted by Crippen LogP contribution is 2.12. The number of carbonyl (C=O) groups is 1. The van der Waals surface area contributed by atoms with E-state index in [1.54, 1.807) is 29.2 Å². The number of benzene rings is 1. The largest absolute Gasteiger partial charge is 0.378 e. The molecule has 3 rings (SSSR count). The summed E-state index contributed by atoms with van der Waals surface area (Å²) in [5, 5.41) is 0. The van der Waals surface area contributed by atoms with Gasteiger partial charge in [0.25, 0.3) is 11.5 Å². The van der Waals surface area contributed by atoms with Crippen LogP contribution in [-0.2, 0) is 4.74 Å². The summed E-state index contributed by atoms with van der Waals surface area (Å²) in [5.74, 6) is -0.00377. The minimum Gasteiger partial charge on any atom is -0.378 e. The first-order chi connectivity index (χ1) is 10.7. The minimum absolute atomic E-state index is 0.00377. The van der Waals surface area contributed by atoms with Crippen LogP contribution in [0.15, 0.2) is 47.7 Å². The van der Waals surface area contributed by atoms with E-state index in [-0.39, 0.29) is 11.5 Å². The summed E-state index contributed by atoms with van der Waals surface area (Å²) in [5.41, 5.74) is 4.02. The molecule has 1 fully saturated rings. The molecule has 1 aromatic heterocycles. The number of hydrogen-bond acceptors (Lipinski definition) is 5. The van der Waals surface area contributed by atoms with Gasteiger partial charge < -0.3 is 9.64 Å². The summed E-state index contributed by atoms with van der Waals surface area (Å²) in [6.07, 6.45) is 4.28. The number of nitrogens with one attached hydrogen (secondary N) is 1. The topological polar surface area (TPSA) is 76.5 Å². The molecule has 0 unspecified atom stereocenters. The minimum atomic E-state index is -0.254. The summed E-state index contributed by atoms with van der Waals surface area (Å²) in [4.78, 5) is 29.4. The lowest BCUT2D eigenvalue weighted by Crippen LogP contribution is -2.40. The van der Waals surface area contributed by atoms with Gasteiger partial charge in [0, 0.05) is 31.0 Å². The van der Waals surface area contributed by atoms with E-state index in [9.17, 15) is 9.59 Å². The molecule has 1 N–H and O–H groups in total. The molecule has 2 aromatic rings. The smallest absolute Gasteiger partial charge is 0.287 e. The maximum Gasteiger partial charge on any atom is 0.287 e. The summed E-state index contributed by atoms with van der Waals surface area (Å²) in [6.45, 7) is 2.39. The third-order valence-corrected chi connectivity index (χ3v) is 3.40. The lowest BCUT2D eigenvalue weighted by atomic mass is 10.2. The van der Waals surface area contributed by atoms with Gasteiger partial charge in [-0.3, -0.25) is 20.0 Å². The first-order valence-electron chi connectivity index (χ1n) is 7.01. The van der Waals surface area contributed by atoms with Crippen LogP contribution in [0, 0.1) is 0 Å². The fourth-order valence-electron chi connectivity index (χ4n) is 2.22. The van der Waals surface area contributed by atoms with Crippen LogP contribution in [0.25, 0.3) is 0 Å². The van der Waals surface area contributed by atoms with Crippen molar-refractivity contribution in [3.8, 4) is 0 Å². The molecule has 1 aliphatic heterocycles. The number of carbonyl (C=O) groups excluding carboxylic acids is 1. The van der Waals surface area contributed by atoms with Crippen LogP contribution in [-0.4, -0.2) is 46.8 Å². The Bertz CT molecular complexity index is 705.